The molecule has 0 aromatic rings. The molecule has 60 valence electrons. The second kappa shape index (κ2) is 4.09. The van der Waals surface area contributed by atoms with Crippen LogP contribution in [0.3, 0.4) is 0 Å². The van der Waals surface area contributed by atoms with Crippen molar-refractivity contribution in [2.75, 3.05) is 7.05 Å². The van der Waals surface area contributed by atoms with Gasteiger partial charge in [-0.1, -0.05) is 6.92 Å². The Balaban J connectivity index is 4.29. The Bertz CT molecular complexity index is 132. The van der Waals surface area contributed by atoms with Gasteiger partial charge in [0.1, 0.15) is 0 Å². The van der Waals surface area contributed by atoms with Crippen LogP contribution in [0.4, 0.5) is 8.78 Å². The highest BCUT2D eigenvalue weighted by atomic mass is 19.3. The zero-order valence-electron chi connectivity index (χ0n) is 6.12. The van der Waals surface area contributed by atoms with E-state index in [1.54, 1.807) is 6.92 Å². The van der Waals surface area contributed by atoms with Crippen molar-refractivity contribution >= 4 is 0 Å². The first-order chi connectivity index (χ1) is 4.63. The number of hydrogen-bond acceptors (Lipinski definition) is 2. The number of alkyl halides is 2. The van der Waals surface area contributed by atoms with Crippen molar-refractivity contribution in [2.45, 2.75) is 19.8 Å². The molecule has 0 spiro atoms. The first kappa shape index (κ1) is 9.20. The maximum absolute atomic E-state index is 11.9. The van der Waals surface area contributed by atoms with Crippen LogP contribution in [0.15, 0.2) is 11.4 Å². The lowest BCUT2D eigenvalue weighted by atomic mass is 10.3. The summed E-state index contributed by atoms with van der Waals surface area (Å²) in [6.07, 6.45) is -2.05. The molecule has 0 atom stereocenters. The molecule has 0 aliphatic rings. The zero-order valence-corrected chi connectivity index (χ0v) is 6.12. The smallest absolute Gasteiger partial charge is 0.279 e. The van der Waals surface area contributed by atoms with Gasteiger partial charge >= 0.3 is 0 Å². The number of nitrogens with two attached hydrogens (primary N) is 1. The highest BCUT2D eigenvalue weighted by molar-refractivity contribution is 5.10. The molecule has 0 unspecified atom stereocenters. The Hall–Kier alpha value is -0.800. The summed E-state index contributed by atoms with van der Waals surface area (Å²) in [5.74, 6) is 0. The molecule has 0 aliphatic carbocycles. The summed E-state index contributed by atoms with van der Waals surface area (Å²) in [5, 5.41) is 2.36. The molecule has 0 amide bonds. The van der Waals surface area contributed by atoms with Crippen molar-refractivity contribution in [3.05, 3.63) is 11.4 Å². The van der Waals surface area contributed by atoms with Gasteiger partial charge in [0.05, 0.1) is 5.70 Å². The number of halogens is 2. The Kier molecular flexibility index (Phi) is 3.76. The summed E-state index contributed by atoms with van der Waals surface area (Å²) in [6, 6.07) is 0. The summed E-state index contributed by atoms with van der Waals surface area (Å²) in [4.78, 5) is 0. The fourth-order valence-corrected chi connectivity index (χ4v) is 0.600. The molecule has 0 aromatic carbocycles. The zero-order chi connectivity index (χ0) is 8.15. The van der Waals surface area contributed by atoms with E-state index in [0.29, 0.717) is 6.42 Å². The lowest BCUT2D eigenvalue weighted by Gasteiger charge is -2.08. The van der Waals surface area contributed by atoms with Crippen LogP contribution in [0.1, 0.15) is 13.3 Å². The molecule has 4 heteroatoms. The molecular weight excluding hydrogens is 138 g/mol. The summed E-state index contributed by atoms with van der Waals surface area (Å²) in [7, 11) is 1.43. The molecule has 3 N–H and O–H groups in total. The number of allylic oxidation sites excluding steroid dienone is 2. The molecule has 0 heterocycles. The van der Waals surface area contributed by atoms with Crippen molar-refractivity contribution in [1.29, 1.82) is 0 Å². The molecule has 0 fully saturated rings. The molecule has 0 radical (unpaired) electrons. The lowest BCUT2D eigenvalue weighted by molar-refractivity contribution is 0.180. The van der Waals surface area contributed by atoms with Crippen LogP contribution in [0.2, 0.25) is 0 Å². The van der Waals surface area contributed by atoms with E-state index < -0.39 is 6.43 Å². The maximum Gasteiger partial charge on any atom is 0.279 e. The van der Waals surface area contributed by atoms with Gasteiger partial charge in [0.2, 0.25) is 0 Å². The van der Waals surface area contributed by atoms with Crippen LogP contribution in [0, 0.1) is 0 Å². The highest BCUT2D eigenvalue weighted by Gasteiger charge is 2.11. The van der Waals surface area contributed by atoms with Gasteiger partial charge in [-0.25, -0.2) is 8.78 Å². The van der Waals surface area contributed by atoms with E-state index in [1.807, 2.05) is 0 Å². The second-order valence-electron chi connectivity index (χ2n) is 1.84. The van der Waals surface area contributed by atoms with Crippen LogP contribution >= 0.6 is 0 Å². The van der Waals surface area contributed by atoms with E-state index in [0.717, 1.165) is 0 Å². The molecule has 0 saturated heterocycles. The molecule has 0 saturated carbocycles. The van der Waals surface area contributed by atoms with Gasteiger partial charge in [0, 0.05) is 12.7 Å². The topological polar surface area (TPSA) is 38.0 Å². The molecule has 0 bridgehead atoms. The fraction of sp³-hybridized carbons (Fsp3) is 0.667. The van der Waals surface area contributed by atoms with Crippen LogP contribution < -0.4 is 11.1 Å². The van der Waals surface area contributed by atoms with Crippen LogP contribution in [-0.4, -0.2) is 13.5 Å². The Morgan fingerprint density at radius 1 is 1.60 bits per heavy atom. The van der Waals surface area contributed by atoms with E-state index in [2.05, 4.69) is 5.32 Å². The van der Waals surface area contributed by atoms with Gasteiger partial charge in [0.15, 0.2) is 0 Å². The quantitative estimate of drug-likeness (QED) is 0.631. The minimum Gasteiger partial charge on any atom is -0.400 e. The minimum atomic E-state index is -2.50. The van der Waals surface area contributed by atoms with Gasteiger partial charge in [0.25, 0.3) is 6.43 Å². The predicted octanol–water partition coefficient (Wildman–Crippen LogP) is 1.05. The summed E-state index contributed by atoms with van der Waals surface area (Å²) in [6.45, 7) is 1.73. The highest BCUT2D eigenvalue weighted by Crippen LogP contribution is 2.08. The van der Waals surface area contributed by atoms with Crippen molar-refractivity contribution in [1.82, 2.24) is 5.32 Å². The molecular formula is C6H12F2N2. The monoisotopic (exact) mass is 150 g/mol. The minimum absolute atomic E-state index is 0.164. The summed E-state index contributed by atoms with van der Waals surface area (Å²) < 4.78 is 23.9. The van der Waals surface area contributed by atoms with Crippen LogP contribution in [0.5, 0.6) is 0 Å². The van der Waals surface area contributed by atoms with E-state index in [-0.39, 0.29) is 11.4 Å². The van der Waals surface area contributed by atoms with E-state index in [1.165, 1.54) is 7.05 Å². The third-order valence-corrected chi connectivity index (χ3v) is 1.21. The van der Waals surface area contributed by atoms with Crippen LogP contribution in [0.25, 0.3) is 0 Å². The van der Waals surface area contributed by atoms with Gasteiger partial charge in [-0.15, -0.1) is 0 Å². The molecule has 10 heavy (non-hydrogen) atoms. The third kappa shape index (κ3) is 2.21. The van der Waals surface area contributed by atoms with Crippen molar-refractivity contribution in [3.63, 3.8) is 0 Å². The van der Waals surface area contributed by atoms with Gasteiger partial charge in [-0.2, -0.15) is 0 Å². The van der Waals surface area contributed by atoms with E-state index >= 15 is 0 Å². The molecule has 2 nitrogen and oxygen atoms in total. The average molecular weight is 150 g/mol. The van der Waals surface area contributed by atoms with Gasteiger partial charge in [-0.3, -0.25) is 0 Å². The molecule has 0 rings (SSSR count). The van der Waals surface area contributed by atoms with Crippen molar-refractivity contribution in [2.24, 2.45) is 5.73 Å². The van der Waals surface area contributed by atoms with Crippen molar-refractivity contribution in [3.8, 4) is 0 Å². The summed E-state index contributed by atoms with van der Waals surface area (Å²) >= 11 is 0. The fourth-order valence-electron chi connectivity index (χ4n) is 0.600. The first-order valence-electron chi connectivity index (χ1n) is 3.07. The third-order valence-electron chi connectivity index (χ3n) is 1.21. The molecule has 0 aromatic heterocycles. The number of hydrogen-bond donors (Lipinski definition) is 2. The normalized spacial score (nSPS) is 13.3. The van der Waals surface area contributed by atoms with Crippen LogP contribution in [-0.2, 0) is 0 Å². The summed E-state index contributed by atoms with van der Waals surface area (Å²) in [5.41, 5.74) is 5.32. The van der Waals surface area contributed by atoms with E-state index in [9.17, 15) is 8.78 Å². The SMILES string of the molecule is CC/C(N)=C(/NC)C(F)F. The van der Waals surface area contributed by atoms with Gasteiger partial charge in [-0.05, 0) is 6.42 Å². The number of nitrogens with one attached hydrogen (secondary N) is 1. The van der Waals surface area contributed by atoms with Gasteiger partial charge < -0.3 is 11.1 Å². The Morgan fingerprint density at radius 3 is 2.20 bits per heavy atom. The predicted molar refractivity (Wildman–Crippen MR) is 36.6 cm³/mol. The molecule has 0 aliphatic heterocycles. The number of rotatable bonds is 3. The first-order valence-corrected chi connectivity index (χ1v) is 3.07. The Labute approximate surface area is 59.1 Å². The Morgan fingerprint density at radius 2 is 2.10 bits per heavy atom. The maximum atomic E-state index is 11.9. The largest absolute Gasteiger partial charge is 0.400 e. The van der Waals surface area contributed by atoms with Crippen molar-refractivity contribution < 1.29 is 8.78 Å². The lowest BCUT2D eigenvalue weighted by Crippen LogP contribution is -2.19. The standard InChI is InChI=1S/C6H12F2N2/c1-3-4(9)5(10-2)6(7)8/h6,10H,3,9H2,1-2H3/b5-4-. The average Bonchev–Trinajstić information content (AvgIpc) is 1.88. The van der Waals surface area contributed by atoms with E-state index in [4.69, 9.17) is 5.73 Å². The second-order valence-corrected chi connectivity index (χ2v) is 1.84.